The van der Waals surface area contributed by atoms with Crippen LogP contribution in [-0.4, -0.2) is 27.0 Å². The van der Waals surface area contributed by atoms with Crippen LogP contribution >= 0.6 is 23.1 Å². The first-order valence-corrected chi connectivity index (χ1v) is 15.5. The number of halogens is 1. The minimum atomic E-state index is -1.24. The van der Waals surface area contributed by atoms with Crippen LogP contribution in [0.4, 0.5) is 9.52 Å². The topological polar surface area (TPSA) is 92.6 Å². The van der Waals surface area contributed by atoms with Crippen molar-refractivity contribution in [1.29, 1.82) is 0 Å². The number of hydrogen-bond donors (Lipinski definition) is 1. The molecule has 0 bridgehead atoms. The third kappa shape index (κ3) is 6.13. The maximum absolute atomic E-state index is 15.2. The van der Waals surface area contributed by atoms with E-state index in [1.54, 1.807) is 30.3 Å². The molecule has 1 atom stereocenters. The highest BCUT2D eigenvalue weighted by Gasteiger charge is 2.49. The number of carbonyl (C=O) groups excluding carboxylic acids is 2. The van der Waals surface area contributed by atoms with Crippen LogP contribution in [0.25, 0.3) is 5.76 Å². The lowest BCUT2D eigenvalue weighted by Crippen LogP contribution is -2.29. The third-order valence-electron chi connectivity index (χ3n) is 7.07. The van der Waals surface area contributed by atoms with Gasteiger partial charge in [0.1, 0.15) is 30.0 Å². The molecule has 1 N–H and O–H groups in total. The highest BCUT2D eigenvalue weighted by molar-refractivity contribution is 8.00. The van der Waals surface area contributed by atoms with Gasteiger partial charge in [-0.3, -0.25) is 14.5 Å². The number of benzene rings is 4. The maximum Gasteiger partial charge on any atom is 0.301 e. The number of nitrogens with zero attached hydrogens (tertiary/aromatic N) is 3. The summed E-state index contributed by atoms with van der Waals surface area (Å²) in [6.07, 6.45) is 0. The number of anilines is 1. The van der Waals surface area contributed by atoms with E-state index in [1.807, 2.05) is 61.5 Å². The van der Waals surface area contributed by atoms with Crippen molar-refractivity contribution < 1.29 is 23.8 Å². The number of aliphatic hydroxyl groups excluding tert-OH is 1. The predicted octanol–water partition coefficient (Wildman–Crippen LogP) is 7.48. The van der Waals surface area contributed by atoms with Crippen LogP contribution in [0.1, 0.15) is 33.9 Å². The fourth-order valence-electron chi connectivity index (χ4n) is 4.93. The largest absolute Gasteiger partial charge is 0.507 e. The Morgan fingerprint density at radius 1 is 0.932 bits per heavy atom. The average Bonchev–Trinajstić information content (AvgIpc) is 3.61. The van der Waals surface area contributed by atoms with Gasteiger partial charge < -0.3 is 9.84 Å². The summed E-state index contributed by atoms with van der Waals surface area (Å²) in [4.78, 5) is 28.0. The van der Waals surface area contributed by atoms with E-state index in [0.29, 0.717) is 22.4 Å². The standard InChI is InChI=1S/C34H26FN3O4S2/c1-21-8-7-11-23(18-21)19-42-25-16-14-24(15-17-25)30(39)28-29(26-12-5-6-13-27(26)35)38(32(41)31(28)40)33-36-37-34(44-33)43-20-22-9-3-2-4-10-22/h2-18,29,39H,19-20H2,1H3/b30-28+. The predicted molar refractivity (Wildman–Crippen MR) is 169 cm³/mol. The second-order valence-electron chi connectivity index (χ2n) is 10.1. The van der Waals surface area contributed by atoms with E-state index in [0.717, 1.165) is 32.9 Å². The van der Waals surface area contributed by atoms with Crippen LogP contribution in [-0.2, 0) is 21.9 Å². The fourth-order valence-corrected chi connectivity index (χ4v) is 6.75. The third-order valence-corrected chi connectivity index (χ3v) is 9.19. The summed E-state index contributed by atoms with van der Waals surface area (Å²) >= 11 is 2.56. The molecule has 4 aromatic carbocycles. The molecule has 44 heavy (non-hydrogen) atoms. The molecule has 1 saturated heterocycles. The van der Waals surface area contributed by atoms with Crippen LogP contribution in [0.2, 0.25) is 0 Å². The first-order valence-electron chi connectivity index (χ1n) is 13.7. The average molecular weight is 624 g/mol. The summed E-state index contributed by atoms with van der Waals surface area (Å²) in [5, 5.41) is 19.9. The fraction of sp³-hybridized carbons (Fsp3) is 0.118. The molecule has 1 aromatic heterocycles. The number of aliphatic hydroxyl groups is 1. The lowest BCUT2D eigenvalue weighted by atomic mass is 9.95. The number of amides is 1. The van der Waals surface area contributed by atoms with Gasteiger partial charge in [0.15, 0.2) is 4.34 Å². The van der Waals surface area contributed by atoms with Crippen molar-refractivity contribution in [3.8, 4) is 5.75 Å². The van der Waals surface area contributed by atoms with E-state index < -0.39 is 29.3 Å². The van der Waals surface area contributed by atoms with Crippen molar-refractivity contribution in [2.45, 2.75) is 29.7 Å². The summed E-state index contributed by atoms with van der Waals surface area (Å²) in [6.45, 7) is 2.37. The molecule has 1 fully saturated rings. The molecule has 2 heterocycles. The smallest absolute Gasteiger partial charge is 0.301 e. The minimum Gasteiger partial charge on any atom is -0.507 e. The molecule has 7 nitrogen and oxygen atoms in total. The lowest BCUT2D eigenvalue weighted by Gasteiger charge is -2.22. The summed E-state index contributed by atoms with van der Waals surface area (Å²) in [7, 11) is 0. The summed E-state index contributed by atoms with van der Waals surface area (Å²) in [5.74, 6) is -1.72. The minimum absolute atomic E-state index is 0.0556. The molecule has 10 heteroatoms. The second kappa shape index (κ2) is 12.8. The SMILES string of the molecule is Cc1cccc(COc2ccc(/C(O)=C3\C(=O)C(=O)N(c4nnc(SCc5ccccc5)s4)C3c3ccccc3F)cc2)c1. The van der Waals surface area contributed by atoms with Crippen LogP contribution in [0.5, 0.6) is 5.75 Å². The zero-order valence-electron chi connectivity index (χ0n) is 23.5. The maximum atomic E-state index is 15.2. The molecule has 1 amide bonds. The van der Waals surface area contributed by atoms with Crippen LogP contribution in [0, 0.1) is 12.7 Å². The molecule has 0 radical (unpaired) electrons. The molecule has 220 valence electrons. The van der Waals surface area contributed by atoms with Gasteiger partial charge in [0, 0.05) is 16.9 Å². The number of ketones is 1. The highest BCUT2D eigenvalue weighted by Crippen LogP contribution is 2.44. The Kier molecular flexibility index (Phi) is 8.53. The first-order chi connectivity index (χ1) is 21.4. The van der Waals surface area contributed by atoms with Crippen molar-refractivity contribution in [2.75, 3.05) is 4.90 Å². The van der Waals surface area contributed by atoms with E-state index in [-0.39, 0.29) is 21.8 Å². The number of carbonyl (C=O) groups is 2. The van der Waals surface area contributed by atoms with Gasteiger partial charge >= 0.3 is 5.91 Å². The molecule has 1 aliphatic heterocycles. The first kappa shape index (κ1) is 29.3. The number of Topliss-reactive ketones (excluding diaryl/α,β-unsaturated/α-hetero) is 1. The second-order valence-corrected chi connectivity index (χ2v) is 12.3. The molecule has 6 rings (SSSR count). The Bertz CT molecular complexity index is 1860. The van der Waals surface area contributed by atoms with Crippen molar-refractivity contribution in [1.82, 2.24) is 10.2 Å². The molecular formula is C34H26FN3O4S2. The van der Waals surface area contributed by atoms with Gasteiger partial charge in [-0.15, -0.1) is 10.2 Å². The van der Waals surface area contributed by atoms with Crippen LogP contribution in [0.3, 0.4) is 0 Å². The summed E-state index contributed by atoms with van der Waals surface area (Å²) in [6, 6.07) is 28.9. The van der Waals surface area contributed by atoms with E-state index in [4.69, 9.17) is 4.74 Å². The molecule has 0 aliphatic carbocycles. The van der Waals surface area contributed by atoms with Gasteiger partial charge in [-0.25, -0.2) is 4.39 Å². The number of thioether (sulfide) groups is 1. The van der Waals surface area contributed by atoms with Gasteiger partial charge in [-0.05, 0) is 48.4 Å². The van der Waals surface area contributed by atoms with Crippen molar-refractivity contribution in [3.05, 3.63) is 142 Å². The van der Waals surface area contributed by atoms with E-state index in [2.05, 4.69) is 10.2 Å². The Balaban J connectivity index is 1.31. The van der Waals surface area contributed by atoms with Gasteiger partial charge in [0.2, 0.25) is 5.13 Å². The van der Waals surface area contributed by atoms with Gasteiger partial charge in [0.25, 0.3) is 5.78 Å². The Hall–Kier alpha value is -4.80. The van der Waals surface area contributed by atoms with Crippen LogP contribution < -0.4 is 9.64 Å². The van der Waals surface area contributed by atoms with Gasteiger partial charge in [-0.1, -0.05) is 101 Å². The monoisotopic (exact) mass is 623 g/mol. The number of aryl methyl sites for hydroxylation is 1. The molecule has 0 spiro atoms. The quantitative estimate of drug-likeness (QED) is 0.0598. The van der Waals surface area contributed by atoms with Gasteiger partial charge in [-0.2, -0.15) is 0 Å². The van der Waals surface area contributed by atoms with Gasteiger partial charge in [0.05, 0.1) is 5.57 Å². The van der Waals surface area contributed by atoms with E-state index in [9.17, 15) is 14.7 Å². The van der Waals surface area contributed by atoms with Crippen molar-refractivity contribution >= 4 is 45.7 Å². The number of hydrogen-bond acceptors (Lipinski definition) is 8. The van der Waals surface area contributed by atoms with Crippen LogP contribution in [0.15, 0.2) is 113 Å². The molecule has 0 saturated carbocycles. The summed E-state index contributed by atoms with van der Waals surface area (Å²) in [5.41, 5.74) is 3.33. The highest BCUT2D eigenvalue weighted by atomic mass is 32.2. The molecule has 1 unspecified atom stereocenters. The number of aromatic nitrogens is 2. The summed E-state index contributed by atoms with van der Waals surface area (Å²) < 4.78 is 21.7. The molecule has 1 aliphatic rings. The van der Waals surface area contributed by atoms with E-state index >= 15 is 4.39 Å². The van der Waals surface area contributed by atoms with Crippen molar-refractivity contribution in [3.63, 3.8) is 0 Å². The molecule has 5 aromatic rings. The normalized spacial score (nSPS) is 16.0. The Morgan fingerprint density at radius 2 is 1.66 bits per heavy atom. The number of ether oxygens (including phenoxy) is 1. The lowest BCUT2D eigenvalue weighted by molar-refractivity contribution is -0.132. The molecular weight excluding hydrogens is 598 g/mol. The number of rotatable bonds is 9. The van der Waals surface area contributed by atoms with Crippen molar-refractivity contribution in [2.24, 2.45) is 0 Å². The Morgan fingerprint density at radius 3 is 2.41 bits per heavy atom. The zero-order valence-corrected chi connectivity index (χ0v) is 25.1. The van der Waals surface area contributed by atoms with E-state index in [1.165, 1.54) is 30.0 Å². The zero-order chi connectivity index (χ0) is 30.6. The Labute approximate surface area is 261 Å².